The van der Waals surface area contributed by atoms with E-state index in [4.69, 9.17) is 10.5 Å². The van der Waals surface area contributed by atoms with Crippen molar-refractivity contribution in [2.45, 2.75) is 32.8 Å². The molecule has 0 aliphatic rings. The van der Waals surface area contributed by atoms with Crippen molar-refractivity contribution in [1.29, 1.82) is 0 Å². The van der Waals surface area contributed by atoms with Crippen molar-refractivity contribution >= 4 is 10.9 Å². The third kappa shape index (κ3) is 4.52. The van der Waals surface area contributed by atoms with Crippen molar-refractivity contribution in [2.75, 3.05) is 6.54 Å². The van der Waals surface area contributed by atoms with Gasteiger partial charge in [0.2, 0.25) is 0 Å². The van der Waals surface area contributed by atoms with Crippen LogP contribution >= 0.6 is 0 Å². The molecule has 0 saturated heterocycles. The molecule has 0 atom stereocenters. The van der Waals surface area contributed by atoms with Crippen molar-refractivity contribution in [1.82, 2.24) is 4.98 Å². The molecule has 3 heteroatoms. The Hall–Kier alpha value is -3.04. The smallest absolute Gasteiger partial charge is 0.120 e. The summed E-state index contributed by atoms with van der Waals surface area (Å²) in [5.41, 5.74) is 13.1. The van der Waals surface area contributed by atoms with Crippen LogP contribution in [0.15, 0.2) is 72.8 Å². The molecule has 3 aromatic carbocycles. The second kappa shape index (κ2) is 8.97. The monoisotopic (exact) mass is 384 g/mol. The van der Waals surface area contributed by atoms with E-state index in [-0.39, 0.29) is 0 Å². The predicted octanol–water partition coefficient (Wildman–Crippen LogP) is 6.00. The highest BCUT2D eigenvalue weighted by Gasteiger charge is 2.14. The molecule has 1 heterocycles. The van der Waals surface area contributed by atoms with Crippen LogP contribution in [0.4, 0.5) is 0 Å². The summed E-state index contributed by atoms with van der Waals surface area (Å²) >= 11 is 0. The number of aromatic amines is 1. The first kappa shape index (κ1) is 19.3. The molecule has 29 heavy (non-hydrogen) atoms. The van der Waals surface area contributed by atoms with Crippen LogP contribution in [0.3, 0.4) is 0 Å². The number of benzene rings is 3. The van der Waals surface area contributed by atoms with E-state index in [1.807, 2.05) is 24.3 Å². The fourth-order valence-corrected chi connectivity index (χ4v) is 3.73. The van der Waals surface area contributed by atoms with E-state index in [0.29, 0.717) is 6.61 Å². The quantitative estimate of drug-likeness (QED) is 0.366. The average Bonchev–Trinajstić information content (AvgIpc) is 3.11. The van der Waals surface area contributed by atoms with Crippen molar-refractivity contribution in [3.8, 4) is 17.0 Å². The molecule has 0 fully saturated rings. The Kier molecular flexibility index (Phi) is 5.97. The van der Waals surface area contributed by atoms with Crippen molar-refractivity contribution < 1.29 is 4.74 Å². The molecular formula is C26H28N2O. The van der Waals surface area contributed by atoms with Gasteiger partial charge in [-0.25, -0.2) is 0 Å². The van der Waals surface area contributed by atoms with Gasteiger partial charge in [0.15, 0.2) is 0 Å². The number of unbranched alkanes of at least 4 members (excludes halogenated alkanes) is 1. The minimum absolute atomic E-state index is 0.574. The van der Waals surface area contributed by atoms with Gasteiger partial charge < -0.3 is 15.5 Å². The predicted molar refractivity (Wildman–Crippen MR) is 121 cm³/mol. The van der Waals surface area contributed by atoms with E-state index in [1.54, 1.807) is 0 Å². The molecule has 4 rings (SSSR count). The van der Waals surface area contributed by atoms with E-state index >= 15 is 0 Å². The Balaban J connectivity index is 1.67. The van der Waals surface area contributed by atoms with Crippen molar-refractivity contribution in [3.63, 3.8) is 0 Å². The first-order valence-electron chi connectivity index (χ1n) is 10.3. The van der Waals surface area contributed by atoms with E-state index in [1.165, 1.54) is 33.3 Å². The maximum absolute atomic E-state index is 6.08. The summed E-state index contributed by atoms with van der Waals surface area (Å²) in [6.45, 7) is 3.42. The van der Waals surface area contributed by atoms with Crippen LogP contribution < -0.4 is 10.5 Å². The maximum Gasteiger partial charge on any atom is 0.120 e. The van der Waals surface area contributed by atoms with Crippen LogP contribution in [0, 0.1) is 6.92 Å². The van der Waals surface area contributed by atoms with Crippen LogP contribution in [-0.2, 0) is 13.0 Å². The number of rotatable bonds is 8. The minimum atomic E-state index is 0.574. The van der Waals surface area contributed by atoms with Gasteiger partial charge in [0, 0.05) is 16.6 Å². The third-order valence-corrected chi connectivity index (χ3v) is 5.35. The number of H-pyrrole nitrogens is 1. The maximum atomic E-state index is 6.08. The molecular weight excluding hydrogens is 356 g/mol. The van der Waals surface area contributed by atoms with E-state index in [0.717, 1.165) is 37.1 Å². The lowest BCUT2D eigenvalue weighted by molar-refractivity contribution is 0.306. The highest BCUT2D eigenvalue weighted by atomic mass is 16.5. The first-order valence-corrected chi connectivity index (χ1v) is 10.3. The van der Waals surface area contributed by atoms with Crippen molar-refractivity contribution in [3.05, 3.63) is 89.5 Å². The third-order valence-electron chi connectivity index (χ3n) is 5.35. The van der Waals surface area contributed by atoms with Gasteiger partial charge in [-0.1, -0.05) is 60.2 Å². The molecule has 3 N–H and O–H groups in total. The largest absolute Gasteiger partial charge is 0.489 e. The van der Waals surface area contributed by atoms with E-state index in [2.05, 4.69) is 60.4 Å². The summed E-state index contributed by atoms with van der Waals surface area (Å²) in [4.78, 5) is 3.64. The Labute approximate surface area is 172 Å². The minimum Gasteiger partial charge on any atom is -0.489 e. The van der Waals surface area contributed by atoms with Crippen LogP contribution in [0.25, 0.3) is 22.2 Å². The summed E-state index contributed by atoms with van der Waals surface area (Å²) in [5, 5.41) is 1.24. The highest BCUT2D eigenvalue weighted by molar-refractivity contribution is 5.91. The zero-order chi connectivity index (χ0) is 20.1. The van der Waals surface area contributed by atoms with Gasteiger partial charge in [-0.3, -0.25) is 0 Å². The lowest BCUT2D eigenvalue weighted by Crippen LogP contribution is -1.99. The Bertz CT molecular complexity index is 1070. The molecule has 0 amide bonds. The molecule has 4 aromatic rings. The van der Waals surface area contributed by atoms with E-state index in [9.17, 15) is 0 Å². The zero-order valence-corrected chi connectivity index (χ0v) is 16.9. The Morgan fingerprint density at radius 1 is 0.897 bits per heavy atom. The molecule has 0 unspecified atom stereocenters. The lowest BCUT2D eigenvalue weighted by atomic mass is 9.99. The van der Waals surface area contributed by atoms with Gasteiger partial charge in [0.05, 0.1) is 0 Å². The second-order valence-electron chi connectivity index (χ2n) is 7.57. The number of fused-ring (bicyclic) bond motifs is 1. The topological polar surface area (TPSA) is 51.0 Å². The van der Waals surface area contributed by atoms with Crippen LogP contribution in [0.5, 0.6) is 5.75 Å². The molecule has 1 aromatic heterocycles. The van der Waals surface area contributed by atoms with Gasteiger partial charge in [-0.05, 0) is 67.6 Å². The summed E-state index contributed by atoms with van der Waals surface area (Å²) in [6, 6.07) is 25.3. The van der Waals surface area contributed by atoms with Crippen LogP contribution in [0.1, 0.15) is 29.5 Å². The van der Waals surface area contributed by atoms with Crippen LogP contribution in [-0.4, -0.2) is 11.5 Å². The Morgan fingerprint density at radius 2 is 1.69 bits per heavy atom. The number of aromatic nitrogens is 1. The SMILES string of the molecule is Cc1ccc(-c2[nH]c3ccc(OCc4ccccc4)cc3c2CCCCN)cc1. The normalized spacial score (nSPS) is 11.1. The highest BCUT2D eigenvalue weighted by Crippen LogP contribution is 2.34. The molecule has 0 spiro atoms. The number of hydrogen-bond donors (Lipinski definition) is 2. The van der Waals surface area contributed by atoms with Gasteiger partial charge in [-0.15, -0.1) is 0 Å². The van der Waals surface area contributed by atoms with Gasteiger partial charge in [-0.2, -0.15) is 0 Å². The standard InChI is InChI=1S/C26H28N2O/c1-19-10-12-21(13-11-19)26-23(9-5-6-16-27)24-17-22(14-15-25(24)28-26)29-18-20-7-3-2-4-8-20/h2-4,7-8,10-15,17,28H,5-6,9,16,18,27H2,1H3. The van der Waals surface area contributed by atoms with Gasteiger partial charge >= 0.3 is 0 Å². The van der Waals surface area contributed by atoms with Gasteiger partial charge in [0.1, 0.15) is 12.4 Å². The fraction of sp³-hybridized carbons (Fsp3) is 0.231. The second-order valence-corrected chi connectivity index (χ2v) is 7.57. The number of nitrogens with one attached hydrogen (secondary N) is 1. The lowest BCUT2D eigenvalue weighted by Gasteiger charge is -2.08. The van der Waals surface area contributed by atoms with E-state index < -0.39 is 0 Å². The summed E-state index contributed by atoms with van der Waals surface area (Å²) < 4.78 is 6.08. The summed E-state index contributed by atoms with van der Waals surface area (Å²) in [6.07, 6.45) is 3.12. The van der Waals surface area contributed by atoms with Crippen LogP contribution in [0.2, 0.25) is 0 Å². The molecule has 0 saturated carbocycles. The van der Waals surface area contributed by atoms with Crippen molar-refractivity contribution in [2.24, 2.45) is 5.73 Å². The Morgan fingerprint density at radius 3 is 2.45 bits per heavy atom. The molecule has 0 aliphatic carbocycles. The first-order chi connectivity index (χ1) is 14.2. The van der Waals surface area contributed by atoms with Gasteiger partial charge in [0.25, 0.3) is 0 Å². The molecule has 0 aliphatic heterocycles. The molecule has 0 radical (unpaired) electrons. The summed E-state index contributed by atoms with van der Waals surface area (Å²) in [7, 11) is 0. The molecule has 148 valence electrons. The molecule has 3 nitrogen and oxygen atoms in total. The number of hydrogen-bond acceptors (Lipinski definition) is 2. The number of aryl methyl sites for hydroxylation is 2. The number of nitrogens with two attached hydrogens (primary N) is 1. The average molecular weight is 385 g/mol. The summed E-state index contributed by atoms with van der Waals surface area (Å²) in [5.74, 6) is 0.899. The fourth-order valence-electron chi connectivity index (χ4n) is 3.73. The zero-order valence-electron chi connectivity index (χ0n) is 16.9. The molecule has 0 bridgehead atoms. The number of ether oxygens (including phenoxy) is 1.